The maximum atomic E-state index is 12.6. The largest absolute Gasteiger partial charge is 0.481 e. The first-order valence-electron chi connectivity index (χ1n) is 11.0. The fraction of sp³-hybridized carbons (Fsp3) is 0.360. The van der Waals surface area contributed by atoms with E-state index in [1.165, 1.54) is 7.11 Å². The Kier molecular flexibility index (Phi) is 8.24. The van der Waals surface area contributed by atoms with Crippen molar-refractivity contribution in [3.05, 3.63) is 59.7 Å². The molecule has 0 spiro atoms. The molecule has 0 radical (unpaired) electrons. The monoisotopic (exact) mass is 468 g/mol. The maximum absolute atomic E-state index is 12.6. The minimum atomic E-state index is -1.13. The van der Waals surface area contributed by atoms with Crippen molar-refractivity contribution in [1.82, 2.24) is 10.6 Å². The van der Waals surface area contributed by atoms with Crippen LogP contribution < -0.4 is 10.6 Å². The van der Waals surface area contributed by atoms with Gasteiger partial charge >= 0.3 is 18.0 Å². The predicted molar refractivity (Wildman–Crippen MR) is 123 cm³/mol. The van der Waals surface area contributed by atoms with Crippen LogP contribution in [0.3, 0.4) is 0 Å². The molecule has 3 rings (SSSR count). The molecule has 1 aliphatic rings. The third kappa shape index (κ3) is 6.12. The van der Waals surface area contributed by atoms with E-state index in [0.29, 0.717) is 0 Å². The number of aliphatic carboxylic acids is 1. The molecule has 1 aliphatic carbocycles. The lowest BCUT2D eigenvalue weighted by Crippen LogP contribution is -2.49. The third-order valence-electron chi connectivity index (χ3n) is 5.69. The highest BCUT2D eigenvalue weighted by Gasteiger charge is 2.30. The van der Waals surface area contributed by atoms with E-state index >= 15 is 0 Å². The van der Waals surface area contributed by atoms with E-state index in [4.69, 9.17) is 9.84 Å². The highest BCUT2D eigenvalue weighted by Crippen LogP contribution is 2.44. The first-order chi connectivity index (χ1) is 16.3. The molecular formula is C25H28N2O7. The van der Waals surface area contributed by atoms with Crippen LogP contribution in [0.4, 0.5) is 4.79 Å². The number of hydrogen-bond acceptors (Lipinski definition) is 6. The number of carbonyl (C=O) groups is 4. The van der Waals surface area contributed by atoms with Crippen LogP contribution in [-0.2, 0) is 23.9 Å². The van der Waals surface area contributed by atoms with E-state index < -0.39 is 36.0 Å². The van der Waals surface area contributed by atoms with Gasteiger partial charge in [0.2, 0.25) is 5.91 Å². The number of amides is 2. The zero-order valence-corrected chi connectivity index (χ0v) is 19.1. The molecule has 2 unspecified atom stereocenters. The number of hydrogen-bond donors (Lipinski definition) is 3. The molecule has 34 heavy (non-hydrogen) atoms. The lowest BCUT2D eigenvalue weighted by molar-refractivity contribution is -0.141. The van der Waals surface area contributed by atoms with Crippen LogP contribution in [0, 0.1) is 0 Å². The Balaban J connectivity index is 1.63. The molecule has 3 N–H and O–H groups in total. The molecule has 2 atom stereocenters. The summed E-state index contributed by atoms with van der Waals surface area (Å²) in [5.74, 6) is -2.36. The summed E-state index contributed by atoms with van der Waals surface area (Å²) in [5, 5.41) is 14.1. The Morgan fingerprint density at radius 2 is 1.56 bits per heavy atom. The Hall–Kier alpha value is -3.88. The number of nitrogens with one attached hydrogen (secondary N) is 2. The fourth-order valence-corrected chi connectivity index (χ4v) is 4.05. The smallest absolute Gasteiger partial charge is 0.407 e. The van der Waals surface area contributed by atoms with E-state index in [1.807, 2.05) is 48.5 Å². The standard InChI is InChI=1S/C25H28N2O7/c1-15(13-23(30)33-2)26-24(31)21(11-12-22(28)29)27-25(32)34-14-20-18-9-5-3-7-16(18)17-8-4-6-10-19(17)20/h3-10,15,20-21H,11-14H2,1-2H3,(H,26,31)(H,27,32)(H,28,29). The molecular weight excluding hydrogens is 440 g/mol. The highest BCUT2D eigenvalue weighted by molar-refractivity contribution is 5.87. The van der Waals surface area contributed by atoms with Gasteiger partial charge in [-0.15, -0.1) is 0 Å². The molecule has 0 aromatic heterocycles. The molecule has 2 aromatic rings. The summed E-state index contributed by atoms with van der Waals surface area (Å²) >= 11 is 0. The summed E-state index contributed by atoms with van der Waals surface area (Å²) in [6.45, 7) is 1.67. The number of methoxy groups -OCH3 is 1. The fourth-order valence-electron chi connectivity index (χ4n) is 4.05. The number of carboxylic acid groups (broad SMARTS) is 1. The first kappa shape index (κ1) is 24.8. The summed E-state index contributed by atoms with van der Waals surface area (Å²) < 4.78 is 10.0. The van der Waals surface area contributed by atoms with Crippen LogP contribution in [0.1, 0.15) is 43.2 Å². The molecule has 0 saturated heterocycles. The normalized spacial score (nSPS) is 13.7. The number of benzene rings is 2. The van der Waals surface area contributed by atoms with Gasteiger partial charge in [-0.05, 0) is 35.6 Å². The molecule has 9 heteroatoms. The van der Waals surface area contributed by atoms with E-state index in [1.54, 1.807) is 6.92 Å². The van der Waals surface area contributed by atoms with Gasteiger partial charge in [0, 0.05) is 18.4 Å². The molecule has 180 valence electrons. The SMILES string of the molecule is COC(=O)CC(C)NC(=O)C(CCC(=O)O)NC(=O)OCC1c2ccccc2-c2ccccc21. The van der Waals surface area contributed by atoms with Crippen molar-refractivity contribution in [3.8, 4) is 11.1 Å². The van der Waals surface area contributed by atoms with Crippen LogP contribution in [0.2, 0.25) is 0 Å². The van der Waals surface area contributed by atoms with Gasteiger partial charge in [-0.2, -0.15) is 0 Å². The average molecular weight is 469 g/mol. The summed E-state index contributed by atoms with van der Waals surface area (Å²) in [5.41, 5.74) is 4.28. The molecule has 0 saturated carbocycles. The topological polar surface area (TPSA) is 131 Å². The summed E-state index contributed by atoms with van der Waals surface area (Å²) in [6, 6.07) is 14.1. The third-order valence-corrected chi connectivity index (χ3v) is 5.69. The summed E-state index contributed by atoms with van der Waals surface area (Å²) in [6.07, 6.45) is -1.34. The van der Waals surface area contributed by atoms with E-state index in [9.17, 15) is 19.2 Å². The molecule has 2 amide bonds. The van der Waals surface area contributed by atoms with Gasteiger partial charge in [0.1, 0.15) is 12.6 Å². The molecule has 0 fully saturated rings. The molecule has 0 heterocycles. The lowest BCUT2D eigenvalue weighted by atomic mass is 9.98. The minimum absolute atomic E-state index is 0.0567. The van der Waals surface area contributed by atoms with E-state index in [-0.39, 0.29) is 31.8 Å². The quantitative estimate of drug-likeness (QED) is 0.457. The van der Waals surface area contributed by atoms with Crippen molar-refractivity contribution in [2.24, 2.45) is 0 Å². The van der Waals surface area contributed by atoms with Crippen LogP contribution in [0.25, 0.3) is 11.1 Å². The van der Waals surface area contributed by atoms with Crippen LogP contribution >= 0.6 is 0 Å². The molecule has 0 aliphatic heterocycles. The van der Waals surface area contributed by atoms with Gasteiger partial charge in [-0.3, -0.25) is 14.4 Å². The van der Waals surface area contributed by atoms with Gasteiger partial charge in [0.15, 0.2) is 0 Å². The number of fused-ring (bicyclic) bond motifs is 3. The zero-order valence-electron chi connectivity index (χ0n) is 19.1. The molecule has 9 nitrogen and oxygen atoms in total. The van der Waals surface area contributed by atoms with E-state index in [2.05, 4.69) is 15.4 Å². The van der Waals surface area contributed by atoms with Crippen molar-refractivity contribution in [2.45, 2.75) is 44.2 Å². The van der Waals surface area contributed by atoms with Crippen molar-refractivity contribution in [1.29, 1.82) is 0 Å². The van der Waals surface area contributed by atoms with Gasteiger partial charge in [0.05, 0.1) is 13.5 Å². The number of esters is 1. The van der Waals surface area contributed by atoms with Gasteiger partial charge in [-0.25, -0.2) is 4.79 Å². The summed E-state index contributed by atoms with van der Waals surface area (Å²) in [4.78, 5) is 47.6. The Morgan fingerprint density at radius 1 is 0.971 bits per heavy atom. The zero-order chi connectivity index (χ0) is 24.7. The second kappa shape index (κ2) is 11.3. The Labute approximate surface area is 197 Å². The average Bonchev–Trinajstić information content (AvgIpc) is 3.13. The molecule has 0 bridgehead atoms. The number of rotatable bonds is 10. The van der Waals surface area contributed by atoms with Crippen LogP contribution in [0.15, 0.2) is 48.5 Å². The summed E-state index contributed by atoms with van der Waals surface area (Å²) in [7, 11) is 1.24. The van der Waals surface area contributed by atoms with Crippen LogP contribution in [0.5, 0.6) is 0 Å². The Bertz CT molecular complexity index is 1020. The first-order valence-corrected chi connectivity index (χ1v) is 11.0. The second-order valence-electron chi connectivity index (χ2n) is 8.14. The van der Waals surface area contributed by atoms with Crippen molar-refractivity contribution in [2.75, 3.05) is 13.7 Å². The number of ether oxygens (including phenoxy) is 2. The van der Waals surface area contributed by atoms with Crippen molar-refractivity contribution in [3.63, 3.8) is 0 Å². The lowest BCUT2D eigenvalue weighted by Gasteiger charge is -2.21. The minimum Gasteiger partial charge on any atom is -0.481 e. The number of carbonyl (C=O) groups excluding carboxylic acids is 3. The van der Waals surface area contributed by atoms with Crippen molar-refractivity contribution >= 4 is 23.9 Å². The van der Waals surface area contributed by atoms with Crippen molar-refractivity contribution < 1.29 is 33.8 Å². The maximum Gasteiger partial charge on any atom is 0.407 e. The second-order valence-corrected chi connectivity index (χ2v) is 8.14. The number of alkyl carbamates (subject to hydrolysis) is 1. The van der Waals surface area contributed by atoms with Crippen LogP contribution in [-0.4, -0.2) is 54.8 Å². The van der Waals surface area contributed by atoms with Gasteiger partial charge in [0.25, 0.3) is 0 Å². The number of carboxylic acids is 1. The highest BCUT2D eigenvalue weighted by atomic mass is 16.5. The van der Waals surface area contributed by atoms with Gasteiger partial charge < -0.3 is 25.2 Å². The Morgan fingerprint density at radius 3 is 2.12 bits per heavy atom. The van der Waals surface area contributed by atoms with E-state index in [0.717, 1.165) is 22.3 Å². The van der Waals surface area contributed by atoms with Gasteiger partial charge in [-0.1, -0.05) is 48.5 Å². The molecule has 2 aromatic carbocycles. The predicted octanol–water partition coefficient (Wildman–Crippen LogP) is 2.83.